The van der Waals surface area contributed by atoms with Gasteiger partial charge in [0.1, 0.15) is 5.60 Å². The monoisotopic (exact) mass is 412 g/mol. The third-order valence-electron chi connectivity index (χ3n) is 3.40. The lowest BCUT2D eigenvalue weighted by Crippen LogP contribution is -2.34. The van der Waals surface area contributed by atoms with E-state index in [1.165, 1.54) is 28.4 Å². The summed E-state index contributed by atoms with van der Waals surface area (Å²) < 4.78 is 34.7. The fourth-order valence-corrected chi connectivity index (χ4v) is 3.73. The third kappa shape index (κ3) is 6.30. The van der Waals surface area contributed by atoms with Crippen molar-refractivity contribution in [2.45, 2.75) is 44.6 Å². The zero-order chi connectivity index (χ0) is 20.2. The summed E-state index contributed by atoms with van der Waals surface area (Å²) in [5.74, 6) is 0. The Bertz CT molecular complexity index is 883. The van der Waals surface area contributed by atoms with Gasteiger partial charge in [-0.25, -0.2) is 9.78 Å². The van der Waals surface area contributed by atoms with E-state index in [2.05, 4.69) is 4.98 Å². The molecule has 1 heterocycles. The minimum absolute atomic E-state index is 0.0322. The molecule has 1 amide bonds. The van der Waals surface area contributed by atoms with Gasteiger partial charge in [0.25, 0.3) is 10.1 Å². The quantitative estimate of drug-likeness (QED) is 0.672. The highest BCUT2D eigenvalue weighted by Gasteiger charge is 2.22. The molecule has 0 spiro atoms. The summed E-state index contributed by atoms with van der Waals surface area (Å²) in [5, 5.41) is 2.23. The Morgan fingerprint density at radius 2 is 1.85 bits per heavy atom. The Kier molecular flexibility index (Phi) is 6.61. The molecule has 2 aromatic rings. The molecule has 2 rings (SSSR count). The van der Waals surface area contributed by atoms with Gasteiger partial charge in [-0.2, -0.15) is 8.42 Å². The number of rotatable bonds is 6. The van der Waals surface area contributed by atoms with Crippen LogP contribution in [-0.2, 0) is 25.5 Å². The molecule has 0 N–H and O–H groups in total. The van der Waals surface area contributed by atoms with Gasteiger partial charge in [0.05, 0.1) is 17.2 Å². The number of aromatic nitrogens is 1. The van der Waals surface area contributed by atoms with E-state index in [4.69, 9.17) is 8.92 Å². The molecule has 0 fully saturated rings. The molecule has 7 nitrogen and oxygen atoms in total. The zero-order valence-electron chi connectivity index (χ0n) is 16.1. The maximum Gasteiger partial charge on any atom is 0.416 e. The highest BCUT2D eigenvalue weighted by Crippen LogP contribution is 2.22. The van der Waals surface area contributed by atoms with Crippen molar-refractivity contribution in [3.05, 3.63) is 40.9 Å². The number of hydrogen-bond acceptors (Lipinski definition) is 7. The van der Waals surface area contributed by atoms with Gasteiger partial charge in [0.2, 0.25) is 0 Å². The Morgan fingerprint density at radius 3 is 2.44 bits per heavy atom. The maximum atomic E-state index is 12.2. The van der Waals surface area contributed by atoms with Crippen molar-refractivity contribution in [1.82, 2.24) is 4.98 Å². The molecular formula is C18H24N2O5S2. The van der Waals surface area contributed by atoms with Crippen molar-refractivity contribution in [3.8, 4) is 0 Å². The lowest BCUT2D eigenvalue weighted by atomic mass is 10.2. The van der Waals surface area contributed by atoms with Gasteiger partial charge in [-0.05, 0) is 39.8 Å². The molecule has 1 aromatic heterocycles. The molecule has 0 aliphatic rings. The summed E-state index contributed by atoms with van der Waals surface area (Å²) in [6, 6.07) is 6.47. The van der Waals surface area contributed by atoms with Crippen LogP contribution in [0.5, 0.6) is 0 Å². The molecule has 0 saturated heterocycles. The third-order valence-corrected chi connectivity index (χ3v) is 5.69. The smallest absolute Gasteiger partial charge is 0.416 e. The largest absolute Gasteiger partial charge is 0.443 e. The maximum absolute atomic E-state index is 12.2. The first-order valence-corrected chi connectivity index (χ1v) is 10.6. The summed E-state index contributed by atoms with van der Waals surface area (Å²) in [4.78, 5) is 17.8. The minimum atomic E-state index is -3.80. The number of nitrogens with zero attached hydrogens (tertiary/aromatic N) is 2. The second kappa shape index (κ2) is 8.37. The minimum Gasteiger partial charge on any atom is -0.443 e. The summed E-state index contributed by atoms with van der Waals surface area (Å²) in [7, 11) is -2.22. The van der Waals surface area contributed by atoms with E-state index in [1.54, 1.807) is 45.3 Å². The van der Waals surface area contributed by atoms with Crippen molar-refractivity contribution >= 4 is 32.7 Å². The number of amides is 1. The van der Waals surface area contributed by atoms with Crippen LogP contribution in [0.1, 0.15) is 32.0 Å². The molecule has 0 aliphatic carbocycles. The fourth-order valence-electron chi connectivity index (χ4n) is 2.00. The number of carbonyl (C=O) groups is 1. The van der Waals surface area contributed by atoms with Crippen LogP contribution >= 0.6 is 11.3 Å². The standard InChI is InChI=1S/C18H24N2O5S2/c1-13-6-8-15(9-7-13)27(22,23)24-11-10-14-12-26-16(19-14)20(5)17(21)25-18(2,3)4/h6-9,12H,10-11H2,1-5H3. The fraction of sp³-hybridized carbons (Fsp3) is 0.444. The zero-order valence-corrected chi connectivity index (χ0v) is 17.7. The van der Waals surface area contributed by atoms with E-state index in [0.29, 0.717) is 17.2 Å². The predicted octanol–water partition coefficient (Wildman–Crippen LogP) is 3.77. The van der Waals surface area contributed by atoms with Crippen LogP contribution in [0, 0.1) is 6.92 Å². The van der Waals surface area contributed by atoms with Crippen LogP contribution in [0.4, 0.5) is 9.93 Å². The second-order valence-corrected chi connectivity index (χ2v) is 9.45. The molecule has 27 heavy (non-hydrogen) atoms. The lowest BCUT2D eigenvalue weighted by Gasteiger charge is -2.23. The summed E-state index contributed by atoms with van der Waals surface area (Å²) in [6.07, 6.45) is -0.189. The molecule has 148 valence electrons. The van der Waals surface area contributed by atoms with Crippen molar-refractivity contribution in [1.29, 1.82) is 0 Å². The SMILES string of the molecule is Cc1ccc(S(=O)(=O)OCCc2csc(N(C)C(=O)OC(C)(C)C)n2)cc1. The first kappa shape index (κ1) is 21.3. The van der Waals surface area contributed by atoms with Crippen LogP contribution in [0.15, 0.2) is 34.5 Å². The highest BCUT2D eigenvalue weighted by molar-refractivity contribution is 7.86. The van der Waals surface area contributed by atoms with Gasteiger partial charge < -0.3 is 4.74 Å². The average Bonchev–Trinajstić information content (AvgIpc) is 3.01. The molecule has 0 saturated carbocycles. The molecule has 0 radical (unpaired) electrons. The van der Waals surface area contributed by atoms with E-state index in [0.717, 1.165) is 5.56 Å². The van der Waals surface area contributed by atoms with E-state index in [9.17, 15) is 13.2 Å². The van der Waals surface area contributed by atoms with E-state index >= 15 is 0 Å². The number of hydrogen-bond donors (Lipinski definition) is 0. The Balaban J connectivity index is 1.92. The number of thiazole rings is 1. The molecule has 0 bridgehead atoms. The second-order valence-electron chi connectivity index (χ2n) is 7.00. The summed E-state index contributed by atoms with van der Waals surface area (Å²) in [6.45, 7) is 7.22. The first-order chi connectivity index (χ1) is 12.5. The lowest BCUT2D eigenvalue weighted by molar-refractivity contribution is 0.0589. The Labute approximate surface area is 164 Å². The molecule has 0 unspecified atom stereocenters. The highest BCUT2D eigenvalue weighted by atomic mass is 32.2. The molecule has 1 aromatic carbocycles. The van der Waals surface area contributed by atoms with Gasteiger partial charge in [-0.3, -0.25) is 9.08 Å². The number of benzene rings is 1. The van der Waals surface area contributed by atoms with Crippen molar-refractivity contribution in [3.63, 3.8) is 0 Å². The van der Waals surface area contributed by atoms with Crippen molar-refractivity contribution in [2.24, 2.45) is 0 Å². The van der Waals surface area contributed by atoms with E-state index < -0.39 is 21.8 Å². The van der Waals surface area contributed by atoms with Crippen LogP contribution in [0.25, 0.3) is 0 Å². The normalized spacial score (nSPS) is 12.0. The van der Waals surface area contributed by atoms with Crippen molar-refractivity contribution < 1.29 is 22.1 Å². The van der Waals surface area contributed by atoms with Crippen LogP contribution < -0.4 is 4.90 Å². The van der Waals surface area contributed by atoms with Gasteiger partial charge in [-0.1, -0.05) is 17.7 Å². The summed E-state index contributed by atoms with van der Waals surface area (Å²) in [5.41, 5.74) is 1.02. The molecular weight excluding hydrogens is 388 g/mol. The molecule has 9 heteroatoms. The van der Waals surface area contributed by atoms with E-state index in [1.807, 2.05) is 6.92 Å². The average molecular weight is 413 g/mol. The van der Waals surface area contributed by atoms with Gasteiger partial charge in [0.15, 0.2) is 5.13 Å². The van der Waals surface area contributed by atoms with Crippen LogP contribution in [0.3, 0.4) is 0 Å². The van der Waals surface area contributed by atoms with Gasteiger partial charge >= 0.3 is 6.09 Å². The Hall–Kier alpha value is -1.97. The topological polar surface area (TPSA) is 85.8 Å². The first-order valence-electron chi connectivity index (χ1n) is 8.35. The molecule has 0 aliphatic heterocycles. The summed E-state index contributed by atoms with van der Waals surface area (Å²) >= 11 is 1.28. The van der Waals surface area contributed by atoms with Gasteiger partial charge in [-0.15, -0.1) is 11.3 Å². The number of aryl methyl sites for hydroxylation is 1. The number of anilines is 1. The predicted molar refractivity (Wildman–Crippen MR) is 105 cm³/mol. The van der Waals surface area contributed by atoms with E-state index in [-0.39, 0.29) is 11.5 Å². The number of ether oxygens (including phenoxy) is 1. The van der Waals surface area contributed by atoms with Gasteiger partial charge in [0, 0.05) is 18.8 Å². The van der Waals surface area contributed by atoms with Crippen LogP contribution in [-0.4, -0.2) is 38.8 Å². The van der Waals surface area contributed by atoms with Crippen LogP contribution in [0.2, 0.25) is 0 Å². The number of carbonyl (C=O) groups excluding carboxylic acids is 1. The Morgan fingerprint density at radius 1 is 1.22 bits per heavy atom. The van der Waals surface area contributed by atoms with Crippen molar-refractivity contribution in [2.75, 3.05) is 18.6 Å². The molecule has 0 atom stereocenters.